The summed E-state index contributed by atoms with van der Waals surface area (Å²) in [6, 6.07) is 22.8. The number of amides is 2. The van der Waals surface area contributed by atoms with E-state index in [1.165, 1.54) is 0 Å². The molecule has 2 amide bonds. The number of carbonyl (C=O) groups excluding carboxylic acids is 2. The highest BCUT2D eigenvalue weighted by Crippen LogP contribution is 2.34. The predicted molar refractivity (Wildman–Crippen MR) is 142 cm³/mol. The van der Waals surface area contributed by atoms with E-state index in [2.05, 4.69) is 31.4 Å². The SMILES string of the molecule is CC(C)(C)c1ccc(C(=O)Nc2ccc(NC(=O)c3ccc(-c4cccc(Cl)c4Cl)o3)cc2)cc1. The fourth-order valence-electron chi connectivity index (χ4n) is 3.45. The summed E-state index contributed by atoms with van der Waals surface area (Å²) >= 11 is 12.3. The molecule has 0 fully saturated rings. The molecule has 0 aliphatic rings. The molecular weight excluding hydrogens is 483 g/mol. The molecule has 0 aliphatic carbocycles. The zero-order chi connectivity index (χ0) is 25.2. The number of nitrogens with one attached hydrogen (secondary N) is 2. The van der Waals surface area contributed by atoms with Crippen molar-refractivity contribution in [3.05, 3.63) is 106 Å². The highest BCUT2D eigenvalue weighted by molar-refractivity contribution is 6.43. The summed E-state index contributed by atoms with van der Waals surface area (Å²) in [5.41, 5.74) is 3.53. The smallest absolute Gasteiger partial charge is 0.291 e. The lowest BCUT2D eigenvalue weighted by Crippen LogP contribution is -2.14. The molecule has 0 spiro atoms. The van der Waals surface area contributed by atoms with Crippen molar-refractivity contribution in [1.29, 1.82) is 0 Å². The van der Waals surface area contributed by atoms with Crippen molar-refractivity contribution in [3.8, 4) is 11.3 Å². The van der Waals surface area contributed by atoms with E-state index in [9.17, 15) is 9.59 Å². The summed E-state index contributed by atoms with van der Waals surface area (Å²) in [6.45, 7) is 6.38. The van der Waals surface area contributed by atoms with Crippen LogP contribution in [0.5, 0.6) is 0 Å². The third-order valence-electron chi connectivity index (χ3n) is 5.46. The van der Waals surface area contributed by atoms with Gasteiger partial charge in [0.15, 0.2) is 5.76 Å². The molecule has 0 atom stereocenters. The minimum atomic E-state index is -0.412. The van der Waals surface area contributed by atoms with Crippen LogP contribution in [-0.4, -0.2) is 11.8 Å². The molecule has 1 aromatic heterocycles. The van der Waals surface area contributed by atoms with Crippen LogP contribution < -0.4 is 10.6 Å². The topological polar surface area (TPSA) is 71.3 Å². The van der Waals surface area contributed by atoms with E-state index in [1.54, 1.807) is 54.6 Å². The van der Waals surface area contributed by atoms with Crippen LogP contribution in [0.4, 0.5) is 11.4 Å². The van der Waals surface area contributed by atoms with Gasteiger partial charge in [-0.15, -0.1) is 0 Å². The summed E-state index contributed by atoms with van der Waals surface area (Å²) in [6.07, 6.45) is 0. The van der Waals surface area contributed by atoms with Crippen LogP contribution in [0.15, 0.2) is 83.3 Å². The molecule has 4 aromatic rings. The lowest BCUT2D eigenvalue weighted by molar-refractivity contribution is 0.0995. The van der Waals surface area contributed by atoms with E-state index in [1.807, 2.05) is 24.3 Å². The molecule has 0 unspecified atom stereocenters. The normalized spacial score (nSPS) is 11.2. The second kappa shape index (κ2) is 9.98. The van der Waals surface area contributed by atoms with Crippen LogP contribution in [0, 0.1) is 0 Å². The zero-order valence-electron chi connectivity index (χ0n) is 19.5. The van der Waals surface area contributed by atoms with Gasteiger partial charge in [0.05, 0.1) is 10.0 Å². The largest absolute Gasteiger partial charge is 0.451 e. The Hall–Kier alpha value is -3.54. The van der Waals surface area contributed by atoms with Crippen LogP contribution in [0.1, 0.15) is 47.2 Å². The van der Waals surface area contributed by atoms with E-state index in [0.717, 1.165) is 5.56 Å². The lowest BCUT2D eigenvalue weighted by atomic mass is 9.87. The van der Waals surface area contributed by atoms with Crippen molar-refractivity contribution in [2.45, 2.75) is 26.2 Å². The number of rotatable bonds is 5. The van der Waals surface area contributed by atoms with Crippen molar-refractivity contribution in [2.24, 2.45) is 0 Å². The van der Waals surface area contributed by atoms with E-state index in [4.69, 9.17) is 27.6 Å². The van der Waals surface area contributed by atoms with Crippen molar-refractivity contribution >= 4 is 46.4 Å². The van der Waals surface area contributed by atoms with Gasteiger partial charge >= 0.3 is 0 Å². The summed E-state index contributed by atoms with van der Waals surface area (Å²) in [5, 5.41) is 6.41. The Kier molecular flexibility index (Phi) is 7.01. The predicted octanol–water partition coefficient (Wildman–Crippen LogP) is 8.06. The van der Waals surface area contributed by atoms with Crippen LogP contribution in [-0.2, 0) is 5.41 Å². The number of hydrogen-bond donors (Lipinski definition) is 2. The van der Waals surface area contributed by atoms with Crippen molar-refractivity contribution in [2.75, 3.05) is 10.6 Å². The maximum absolute atomic E-state index is 12.6. The van der Waals surface area contributed by atoms with E-state index in [-0.39, 0.29) is 17.1 Å². The van der Waals surface area contributed by atoms with E-state index in [0.29, 0.717) is 38.3 Å². The van der Waals surface area contributed by atoms with Gasteiger partial charge in [0, 0.05) is 22.5 Å². The molecule has 1 heterocycles. The minimum absolute atomic E-state index is 0.0226. The summed E-state index contributed by atoms with van der Waals surface area (Å²) in [5.74, 6) is -0.0430. The van der Waals surface area contributed by atoms with Crippen LogP contribution in [0.3, 0.4) is 0 Å². The Morgan fingerprint density at radius 2 is 1.34 bits per heavy atom. The molecule has 4 rings (SSSR count). The summed E-state index contributed by atoms with van der Waals surface area (Å²) < 4.78 is 5.68. The van der Waals surface area contributed by atoms with Gasteiger partial charge in [0.1, 0.15) is 5.76 Å². The van der Waals surface area contributed by atoms with Crippen molar-refractivity contribution in [3.63, 3.8) is 0 Å². The fourth-order valence-corrected chi connectivity index (χ4v) is 3.85. The Morgan fingerprint density at radius 3 is 1.94 bits per heavy atom. The number of hydrogen-bond acceptors (Lipinski definition) is 3. The van der Waals surface area contributed by atoms with Crippen molar-refractivity contribution in [1.82, 2.24) is 0 Å². The second-order valence-electron chi connectivity index (χ2n) is 9.08. The van der Waals surface area contributed by atoms with Gasteiger partial charge < -0.3 is 15.1 Å². The highest BCUT2D eigenvalue weighted by Gasteiger charge is 2.16. The molecule has 5 nitrogen and oxygen atoms in total. The Morgan fingerprint density at radius 1 is 0.743 bits per heavy atom. The van der Waals surface area contributed by atoms with Gasteiger partial charge in [0.2, 0.25) is 0 Å². The number of anilines is 2. The molecule has 0 aliphatic heterocycles. The average Bonchev–Trinajstić information content (AvgIpc) is 3.32. The summed E-state index contributed by atoms with van der Waals surface area (Å²) in [7, 11) is 0. The second-order valence-corrected chi connectivity index (χ2v) is 9.86. The van der Waals surface area contributed by atoms with Crippen LogP contribution in [0.2, 0.25) is 10.0 Å². The maximum Gasteiger partial charge on any atom is 0.291 e. The number of halogens is 2. The van der Waals surface area contributed by atoms with E-state index >= 15 is 0 Å². The first kappa shape index (κ1) is 24.6. The van der Waals surface area contributed by atoms with Gasteiger partial charge in [-0.1, -0.05) is 62.2 Å². The standard InChI is InChI=1S/C28H24Cl2N2O3/c1-28(2,3)18-9-7-17(8-10-18)26(33)31-19-11-13-20(14-12-19)32-27(34)24-16-15-23(35-24)21-5-4-6-22(29)25(21)30/h4-16H,1-3H3,(H,31,33)(H,32,34). The number of benzene rings is 3. The highest BCUT2D eigenvalue weighted by atomic mass is 35.5. The van der Waals surface area contributed by atoms with Crippen molar-refractivity contribution < 1.29 is 14.0 Å². The molecule has 3 aromatic carbocycles. The van der Waals surface area contributed by atoms with Gasteiger partial charge in [-0.3, -0.25) is 9.59 Å². The van der Waals surface area contributed by atoms with Gasteiger partial charge in [-0.2, -0.15) is 0 Å². The molecule has 178 valence electrons. The fraction of sp³-hybridized carbons (Fsp3) is 0.143. The van der Waals surface area contributed by atoms with Gasteiger partial charge in [-0.25, -0.2) is 0 Å². The first-order chi connectivity index (χ1) is 16.6. The lowest BCUT2D eigenvalue weighted by Gasteiger charge is -2.19. The maximum atomic E-state index is 12.6. The van der Waals surface area contributed by atoms with Gasteiger partial charge in [-0.05, 0) is 71.6 Å². The van der Waals surface area contributed by atoms with Gasteiger partial charge in [0.25, 0.3) is 11.8 Å². The quantitative estimate of drug-likeness (QED) is 0.287. The zero-order valence-corrected chi connectivity index (χ0v) is 21.0. The minimum Gasteiger partial charge on any atom is -0.451 e. The Balaban J connectivity index is 1.39. The molecule has 0 radical (unpaired) electrons. The molecule has 7 heteroatoms. The molecule has 35 heavy (non-hydrogen) atoms. The Labute approximate surface area is 214 Å². The first-order valence-corrected chi connectivity index (χ1v) is 11.7. The monoisotopic (exact) mass is 506 g/mol. The third-order valence-corrected chi connectivity index (χ3v) is 6.28. The van der Waals surface area contributed by atoms with E-state index < -0.39 is 5.91 Å². The molecule has 0 saturated heterocycles. The van der Waals surface area contributed by atoms with Crippen LogP contribution >= 0.6 is 23.2 Å². The Bertz CT molecular complexity index is 1370. The molecule has 0 bridgehead atoms. The third kappa shape index (κ3) is 5.76. The number of carbonyl (C=O) groups is 2. The molecular formula is C28H24Cl2N2O3. The van der Waals surface area contributed by atoms with Crippen LogP contribution in [0.25, 0.3) is 11.3 Å². The average molecular weight is 507 g/mol. The summed E-state index contributed by atoms with van der Waals surface area (Å²) in [4.78, 5) is 25.2. The first-order valence-electron chi connectivity index (χ1n) is 11.0. The molecule has 2 N–H and O–H groups in total. The number of furan rings is 1. The molecule has 0 saturated carbocycles.